The minimum absolute atomic E-state index is 0.199. The zero-order valence-corrected chi connectivity index (χ0v) is 8.65. The standard InChI is InChI=1S/C11H13ClFN/c12-9-2-1-8(11(13)7-9)5-6-14-10-3-4-10/h1-2,7,10,14H,3-6H2. The second-order valence-electron chi connectivity index (χ2n) is 3.71. The van der Waals surface area contributed by atoms with E-state index in [-0.39, 0.29) is 5.82 Å². The molecule has 0 saturated heterocycles. The maximum Gasteiger partial charge on any atom is 0.127 e. The Kier molecular flexibility index (Phi) is 3.04. The summed E-state index contributed by atoms with van der Waals surface area (Å²) in [5.74, 6) is -0.199. The van der Waals surface area contributed by atoms with E-state index in [1.807, 2.05) is 0 Å². The van der Waals surface area contributed by atoms with E-state index in [0.717, 1.165) is 18.5 Å². The Bertz CT molecular complexity index is 323. The van der Waals surface area contributed by atoms with Crippen molar-refractivity contribution in [3.05, 3.63) is 34.6 Å². The topological polar surface area (TPSA) is 12.0 Å². The van der Waals surface area contributed by atoms with Crippen LogP contribution in [0.5, 0.6) is 0 Å². The van der Waals surface area contributed by atoms with Crippen molar-refractivity contribution in [3.8, 4) is 0 Å². The van der Waals surface area contributed by atoms with Crippen LogP contribution in [-0.4, -0.2) is 12.6 Å². The predicted molar refractivity (Wildman–Crippen MR) is 56.1 cm³/mol. The Balaban J connectivity index is 1.87. The van der Waals surface area contributed by atoms with Crippen LogP contribution >= 0.6 is 11.6 Å². The Hall–Kier alpha value is -0.600. The third-order valence-electron chi connectivity index (χ3n) is 2.42. The van der Waals surface area contributed by atoms with E-state index in [9.17, 15) is 4.39 Å². The van der Waals surface area contributed by atoms with Crippen molar-refractivity contribution in [2.45, 2.75) is 25.3 Å². The summed E-state index contributed by atoms with van der Waals surface area (Å²) >= 11 is 5.66. The van der Waals surface area contributed by atoms with Gasteiger partial charge in [0.25, 0.3) is 0 Å². The van der Waals surface area contributed by atoms with E-state index in [1.54, 1.807) is 12.1 Å². The number of nitrogens with one attached hydrogen (secondary N) is 1. The first-order valence-corrected chi connectivity index (χ1v) is 5.31. The molecule has 0 aromatic heterocycles. The summed E-state index contributed by atoms with van der Waals surface area (Å²) in [5.41, 5.74) is 0.738. The molecule has 1 fully saturated rings. The third-order valence-corrected chi connectivity index (χ3v) is 2.65. The fourth-order valence-corrected chi connectivity index (χ4v) is 1.58. The van der Waals surface area contributed by atoms with Gasteiger partial charge in [0.2, 0.25) is 0 Å². The van der Waals surface area contributed by atoms with Crippen LogP contribution in [0.25, 0.3) is 0 Å². The van der Waals surface area contributed by atoms with Crippen molar-refractivity contribution in [3.63, 3.8) is 0 Å². The zero-order valence-electron chi connectivity index (χ0n) is 7.89. The third kappa shape index (κ3) is 2.69. The van der Waals surface area contributed by atoms with Crippen LogP contribution in [-0.2, 0) is 6.42 Å². The van der Waals surface area contributed by atoms with Crippen LogP contribution in [0.1, 0.15) is 18.4 Å². The van der Waals surface area contributed by atoms with Gasteiger partial charge in [0.15, 0.2) is 0 Å². The Morgan fingerprint density at radius 1 is 1.43 bits per heavy atom. The molecule has 14 heavy (non-hydrogen) atoms. The smallest absolute Gasteiger partial charge is 0.127 e. The van der Waals surface area contributed by atoms with Crippen molar-refractivity contribution in [1.82, 2.24) is 5.32 Å². The summed E-state index contributed by atoms with van der Waals surface area (Å²) < 4.78 is 13.3. The highest BCUT2D eigenvalue weighted by Crippen LogP contribution is 2.19. The lowest BCUT2D eigenvalue weighted by Crippen LogP contribution is -2.19. The monoisotopic (exact) mass is 213 g/mol. The van der Waals surface area contributed by atoms with Gasteiger partial charge in [-0.05, 0) is 43.5 Å². The van der Waals surface area contributed by atoms with Crippen LogP contribution in [0.4, 0.5) is 4.39 Å². The fourth-order valence-electron chi connectivity index (χ4n) is 1.42. The molecule has 1 saturated carbocycles. The van der Waals surface area contributed by atoms with E-state index < -0.39 is 0 Å². The average Bonchev–Trinajstić information content (AvgIpc) is 2.92. The molecule has 0 bridgehead atoms. The first kappa shape index (κ1) is 9.94. The lowest BCUT2D eigenvalue weighted by atomic mass is 10.1. The predicted octanol–water partition coefficient (Wildman–Crippen LogP) is 2.77. The molecule has 3 heteroatoms. The Morgan fingerprint density at radius 3 is 2.86 bits per heavy atom. The average molecular weight is 214 g/mol. The summed E-state index contributed by atoms with van der Waals surface area (Å²) in [6, 6.07) is 5.54. The molecule has 76 valence electrons. The molecular formula is C11H13ClFN. The summed E-state index contributed by atoms with van der Waals surface area (Å²) in [7, 11) is 0. The maximum atomic E-state index is 13.3. The molecule has 0 heterocycles. The van der Waals surface area contributed by atoms with E-state index in [1.165, 1.54) is 18.9 Å². The first-order valence-electron chi connectivity index (χ1n) is 4.93. The number of hydrogen-bond acceptors (Lipinski definition) is 1. The molecule has 0 atom stereocenters. The molecule has 1 aromatic rings. The Morgan fingerprint density at radius 2 is 2.21 bits per heavy atom. The first-order chi connectivity index (χ1) is 6.75. The lowest BCUT2D eigenvalue weighted by molar-refractivity contribution is 0.597. The van der Waals surface area contributed by atoms with Crippen molar-refractivity contribution in [1.29, 1.82) is 0 Å². The number of hydrogen-bond donors (Lipinski definition) is 1. The number of halogens is 2. The summed E-state index contributed by atoms with van der Waals surface area (Å²) in [5, 5.41) is 3.81. The molecule has 0 spiro atoms. The van der Waals surface area contributed by atoms with Gasteiger partial charge >= 0.3 is 0 Å². The second kappa shape index (κ2) is 4.28. The van der Waals surface area contributed by atoms with Crippen molar-refractivity contribution in [2.24, 2.45) is 0 Å². The van der Waals surface area contributed by atoms with Crippen LogP contribution in [0, 0.1) is 5.82 Å². The minimum atomic E-state index is -0.199. The lowest BCUT2D eigenvalue weighted by Gasteiger charge is -2.04. The van der Waals surface area contributed by atoms with Gasteiger partial charge in [-0.2, -0.15) is 0 Å². The summed E-state index contributed by atoms with van der Waals surface area (Å²) in [6.45, 7) is 0.850. The molecule has 1 aliphatic rings. The highest BCUT2D eigenvalue weighted by atomic mass is 35.5. The van der Waals surface area contributed by atoms with Gasteiger partial charge in [-0.25, -0.2) is 4.39 Å². The molecule has 1 N–H and O–H groups in total. The normalized spacial score (nSPS) is 15.9. The number of benzene rings is 1. The highest BCUT2D eigenvalue weighted by molar-refractivity contribution is 6.30. The second-order valence-corrected chi connectivity index (χ2v) is 4.15. The van der Waals surface area contributed by atoms with E-state index in [2.05, 4.69) is 5.32 Å². The van der Waals surface area contributed by atoms with Gasteiger partial charge in [0.1, 0.15) is 5.82 Å². The highest BCUT2D eigenvalue weighted by Gasteiger charge is 2.19. The van der Waals surface area contributed by atoms with E-state index in [0.29, 0.717) is 11.1 Å². The van der Waals surface area contributed by atoms with Gasteiger partial charge in [-0.3, -0.25) is 0 Å². The van der Waals surface area contributed by atoms with Crippen LogP contribution < -0.4 is 5.32 Å². The van der Waals surface area contributed by atoms with Crippen LogP contribution in [0.2, 0.25) is 5.02 Å². The van der Waals surface area contributed by atoms with Crippen LogP contribution in [0.15, 0.2) is 18.2 Å². The van der Waals surface area contributed by atoms with Gasteiger partial charge < -0.3 is 5.32 Å². The van der Waals surface area contributed by atoms with Gasteiger partial charge in [-0.15, -0.1) is 0 Å². The van der Waals surface area contributed by atoms with Crippen LogP contribution in [0.3, 0.4) is 0 Å². The molecule has 2 rings (SSSR count). The maximum absolute atomic E-state index is 13.3. The molecular weight excluding hydrogens is 201 g/mol. The molecule has 0 unspecified atom stereocenters. The molecule has 1 nitrogen and oxygen atoms in total. The van der Waals surface area contributed by atoms with Crippen molar-refractivity contribution < 1.29 is 4.39 Å². The molecule has 0 amide bonds. The SMILES string of the molecule is Fc1cc(Cl)ccc1CCNC1CC1. The molecule has 0 radical (unpaired) electrons. The molecule has 1 aliphatic carbocycles. The molecule has 0 aliphatic heterocycles. The van der Waals surface area contributed by atoms with Gasteiger partial charge in [0.05, 0.1) is 0 Å². The minimum Gasteiger partial charge on any atom is -0.314 e. The molecule has 1 aromatic carbocycles. The Labute approximate surface area is 88.3 Å². The van der Waals surface area contributed by atoms with Gasteiger partial charge in [0, 0.05) is 11.1 Å². The largest absolute Gasteiger partial charge is 0.314 e. The van der Waals surface area contributed by atoms with Crippen molar-refractivity contribution >= 4 is 11.6 Å². The summed E-state index contributed by atoms with van der Waals surface area (Å²) in [6.07, 6.45) is 3.27. The van der Waals surface area contributed by atoms with E-state index >= 15 is 0 Å². The number of rotatable bonds is 4. The van der Waals surface area contributed by atoms with Crippen molar-refractivity contribution in [2.75, 3.05) is 6.54 Å². The fraction of sp³-hybridized carbons (Fsp3) is 0.455. The van der Waals surface area contributed by atoms with Gasteiger partial charge in [-0.1, -0.05) is 17.7 Å². The van der Waals surface area contributed by atoms with E-state index in [4.69, 9.17) is 11.6 Å². The summed E-state index contributed by atoms with van der Waals surface area (Å²) in [4.78, 5) is 0. The quantitative estimate of drug-likeness (QED) is 0.811. The zero-order chi connectivity index (χ0) is 9.97.